The van der Waals surface area contributed by atoms with Crippen molar-refractivity contribution < 1.29 is 14.3 Å². The van der Waals surface area contributed by atoms with Gasteiger partial charge in [0, 0.05) is 49.1 Å². The van der Waals surface area contributed by atoms with E-state index in [0.717, 1.165) is 42.4 Å². The maximum atomic E-state index is 13.8. The van der Waals surface area contributed by atoms with Crippen molar-refractivity contribution in [2.24, 2.45) is 7.05 Å². The van der Waals surface area contributed by atoms with Gasteiger partial charge in [0.25, 0.3) is 0 Å². The Balaban J connectivity index is 1.14. The number of benzene rings is 1. The monoisotopic (exact) mass is 592 g/mol. The van der Waals surface area contributed by atoms with Crippen molar-refractivity contribution in [3.8, 4) is 23.1 Å². The first-order valence-electron chi connectivity index (χ1n) is 15.0. The van der Waals surface area contributed by atoms with Crippen LogP contribution in [0.4, 0.5) is 11.8 Å². The number of aryl methyl sites for hydroxylation is 2. The molecule has 2 fully saturated rings. The maximum absolute atomic E-state index is 13.8. The number of aromatic nitrogens is 5. The summed E-state index contributed by atoms with van der Waals surface area (Å²) in [5.74, 6) is 1.42. The van der Waals surface area contributed by atoms with Crippen LogP contribution in [-0.4, -0.2) is 61.5 Å². The van der Waals surface area contributed by atoms with Crippen molar-refractivity contribution in [2.45, 2.75) is 63.1 Å². The predicted octanol–water partition coefficient (Wildman–Crippen LogP) is 4.70. The number of hydrogen-bond donors (Lipinski definition) is 1. The van der Waals surface area contributed by atoms with E-state index < -0.39 is 5.60 Å². The highest BCUT2D eigenvalue weighted by Gasteiger charge is 2.37. The number of carbonyl (C=O) groups is 1. The summed E-state index contributed by atoms with van der Waals surface area (Å²) in [6.45, 7) is 2.84. The van der Waals surface area contributed by atoms with E-state index in [9.17, 15) is 10.1 Å². The first-order valence-corrected chi connectivity index (χ1v) is 15.0. The van der Waals surface area contributed by atoms with Gasteiger partial charge in [-0.25, -0.2) is 9.97 Å². The molecule has 0 radical (unpaired) electrons. The Morgan fingerprint density at radius 2 is 1.89 bits per heavy atom. The van der Waals surface area contributed by atoms with Crippen LogP contribution in [0.15, 0.2) is 67.3 Å². The van der Waals surface area contributed by atoms with Gasteiger partial charge in [0.05, 0.1) is 25.6 Å². The molecule has 11 heteroatoms. The van der Waals surface area contributed by atoms with Crippen molar-refractivity contribution in [2.75, 3.05) is 23.4 Å². The maximum Gasteiger partial charge on any atom is 0.237 e. The lowest BCUT2D eigenvalue weighted by atomic mass is 9.89. The summed E-state index contributed by atoms with van der Waals surface area (Å²) in [7, 11) is 1.88. The number of carbonyl (C=O) groups excluding carboxylic acids is 1. The fourth-order valence-electron chi connectivity index (χ4n) is 5.74. The van der Waals surface area contributed by atoms with Crippen LogP contribution >= 0.6 is 0 Å². The average molecular weight is 593 g/mol. The third-order valence-electron chi connectivity index (χ3n) is 8.20. The molecule has 6 rings (SSSR count). The quantitative estimate of drug-likeness (QED) is 0.278. The molecule has 1 aromatic carbocycles. The van der Waals surface area contributed by atoms with E-state index in [0.29, 0.717) is 43.4 Å². The summed E-state index contributed by atoms with van der Waals surface area (Å²) in [4.78, 5) is 29.3. The molecule has 1 saturated carbocycles. The van der Waals surface area contributed by atoms with Gasteiger partial charge in [0.1, 0.15) is 17.5 Å². The number of anilines is 2. The second-order valence-corrected chi connectivity index (χ2v) is 11.8. The van der Waals surface area contributed by atoms with Gasteiger partial charge < -0.3 is 14.8 Å². The Hall–Kier alpha value is -4.82. The van der Waals surface area contributed by atoms with Crippen molar-refractivity contribution >= 4 is 17.7 Å². The highest BCUT2D eigenvalue weighted by atomic mass is 16.6. The topological polar surface area (TPSA) is 131 Å². The standard InChI is InChI=1S/C33H36N8O3/c1-33(21-43-22-33)44-31-25(16-34)18-36-32(39-31)38-27-10-12-28(13-11-27)41(30(42)15-8-23-6-4-3-5-7-23)29-14-9-24(17-35-29)26-19-37-40(2)20-26/h3-7,9,14,17-20,27-28H,8,10-13,15,21-22H2,1-2H3,(H,36,38,39)/t27-,28-. The first kappa shape index (κ1) is 29.3. The van der Waals surface area contributed by atoms with E-state index in [4.69, 9.17) is 14.5 Å². The van der Waals surface area contributed by atoms with Gasteiger partial charge >= 0.3 is 0 Å². The number of pyridine rings is 1. The molecule has 1 N–H and O–H groups in total. The van der Waals surface area contributed by atoms with Crippen molar-refractivity contribution in [1.29, 1.82) is 5.26 Å². The number of rotatable bonds is 10. The van der Waals surface area contributed by atoms with E-state index in [2.05, 4.69) is 38.6 Å². The summed E-state index contributed by atoms with van der Waals surface area (Å²) >= 11 is 0. The lowest BCUT2D eigenvalue weighted by Crippen LogP contribution is -2.52. The normalized spacial score (nSPS) is 18.9. The zero-order chi connectivity index (χ0) is 30.5. The van der Waals surface area contributed by atoms with Crippen LogP contribution < -0.4 is 15.0 Å². The van der Waals surface area contributed by atoms with E-state index in [-0.39, 0.29) is 23.9 Å². The SMILES string of the molecule is Cn1cc(-c2ccc(N(C(=O)CCc3ccccc3)[C@H]3CC[C@H](Nc4ncc(C#N)c(OC5(C)COC5)n4)CC3)nc2)cn1. The third kappa shape index (κ3) is 6.71. The summed E-state index contributed by atoms with van der Waals surface area (Å²) < 4.78 is 13.0. The van der Waals surface area contributed by atoms with Gasteiger partial charge in [-0.1, -0.05) is 30.3 Å². The van der Waals surface area contributed by atoms with Crippen LogP contribution in [0.3, 0.4) is 0 Å². The molecule has 4 heterocycles. The molecule has 1 saturated heterocycles. The van der Waals surface area contributed by atoms with Crippen LogP contribution in [0, 0.1) is 11.3 Å². The highest BCUT2D eigenvalue weighted by molar-refractivity contribution is 5.93. The van der Waals surface area contributed by atoms with Gasteiger partial charge in [-0.15, -0.1) is 0 Å². The fraction of sp³-hybridized carbons (Fsp3) is 0.394. The Morgan fingerprint density at radius 3 is 2.52 bits per heavy atom. The zero-order valence-corrected chi connectivity index (χ0v) is 25.0. The van der Waals surface area contributed by atoms with Gasteiger partial charge in [0.15, 0.2) is 5.60 Å². The summed E-state index contributed by atoms with van der Waals surface area (Å²) in [5, 5.41) is 17.2. The van der Waals surface area contributed by atoms with Crippen LogP contribution in [0.25, 0.3) is 11.1 Å². The van der Waals surface area contributed by atoms with Crippen molar-refractivity contribution in [1.82, 2.24) is 24.7 Å². The van der Waals surface area contributed by atoms with Crippen molar-refractivity contribution in [3.05, 3.63) is 78.4 Å². The first-order chi connectivity index (χ1) is 21.4. The predicted molar refractivity (Wildman–Crippen MR) is 165 cm³/mol. The molecule has 11 nitrogen and oxygen atoms in total. The summed E-state index contributed by atoms with van der Waals surface area (Å²) in [6, 6.07) is 16.3. The molecule has 0 bridgehead atoms. The minimum atomic E-state index is -0.490. The molecule has 4 aromatic rings. The Morgan fingerprint density at radius 1 is 1.09 bits per heavy atom. The van der Waals surface area contributed by atoms with Gasteiger partial charge in [-0.05, 0) is 56.7 Å². The number of nitrogens with zero attached hydrogens (tertiary/aromatic N) is 7. The Kier molecular flexibility index (Phi) is 8.52. The number of amides is 1. The lowest BCUT2D eigenvalue weighted by Gasteiger charge is -2.38. The third-order valence-corrected chi connectivity index (χ3v) is 8.20. The van der Waals surface area contributed by atoms with E-state index in [1.807, 2.05) is 67.8 Å². The summed E-state index contributed by atoms with van der Waals surface area (Å²) in [5.41, 5.74) is 2.87. The zero-order valence-electron chi connectivity index (χ0n) is 25.0. The van der Waals surface area contributed by atoms with Crippen molar-refractivity contribution in [3.63, 3.8) is 0 Å². The fourth-order valence-corrected chi connectivity index (χ4v) is 5.74. The highest BCUT2D eigenvalue weighted by Crippen LogP contribution is 2.31. The average Bonchev–Trinajstić information content (AvgIpc) is 3.47. The molecule has 3 aromatic heterocycles. The van der Waals surface area contributed by atoms with Gasteiger partial charge in [-0.3, -0.25) is 14.4 Å². The molecule has 226 valence electrons. The number of nitrogens with one attached hydrogen (secondary N) is 1. The molecule has 2 aliphatic rings. The van der Waals surface area contributed by atoms with Crippen LogP contribution in [-0.2, 0) is 23.0 Å². The largest absolute Gasteiger partial charge is 0.465 e. The smallest absolute Gasteiger partial charge is 0.237 e. The van der Waals surface area contributed by atoms with E-state index in [1.165, 1.54) is 6.20 Å². The minimum Gasteiger partial charge on any atom is -0.465 e. The van der Waals surface area contributed by atoms with Crippen LogP contribution in [0.5, 0.6) is 5.88 Å². The molecule has 0 spiro atoms. The van der Waals surface area contributed by atoms with Gasteiger partial charge in [-0.2, -0.15) is 15.3 Å². The van der Waals surface area contributed by atoms with E-state index in [1.54, 1.807) is 4.68 Å². The molecule has 1 aliphatic carbocycles. The number of nitriles is 1. The molecule has 1 aliphatic heterocycles. The molecule has 44 heavy (non-hydrogen) atoms. The molecule has 0 unspecified atom stereocenters. The molecular formula is C33H36N8O3. The van der Waals surface area contributed by atoms with Crippen LogP contribution in [0.2, 0.25) is 0 Å². The molecule has 1 amide bonds. The second kappa shape index (κ2) is 12.8. The van der Waals surface area contributed by atoms with Crippen LogP contribution in [0.1, 0.15) is 50.2 Å². The number of ether oxygens (including phenoxy) is 2. The molecule has 0 atom stereocenters. The summed E-state index contributed by atoms with van der Waals surface area (Å²) in [6.07, 6.45) is 11.4. The van der Waals surface area contributed by atoms with E-state index >= 15 is 0 Å². The van der Waals surface area contributed by atoms with Gasteiger partial charge in [0.2, 0.25) is 17.7 Å². The Labute approximate surface area is 256 Å². The number of hydrogen-bond acceptors (Lipinski definition) is 9. The molecular weight excluding hydrogens is 556 g/mol. The lowest BCUT2D eigenvalue weighted by molar-refractivity contribution is -0.151. The Bertz CT molecular complexity index is 1620. The second-order valence-electron chi connectivity index (χ2n) is 11.8. The minimum absolute atomic E-state index is 0.0207.